The van der Waals surface area contributed by atoms with Gasteiger partial charge in [0, 0.05) is 0 Å². The largest absolute Gasteiger partial charge is 0.496 e. The van der Waals surface area contributed by atoms with Gasteiger partial charge in [-0.3, -0.25) is 0 Å². The van der Waals surface area contributed by atoms with Crippen molar-refractivity contribution in [2.75, 3.05) is 20.0 Å². The quantitative estimate of drug-likeness (QED) is 0.881. The molecule has 0 saturated carbocycles. The van der Waals surface area contributed by atoms with Crippen LogP contribution in [0.15, 0.2) is 22.7 Å². The highest BCUT2D eigenvalue weighted by atomic mass is 16.5. The summed E-state index contributed by atoms with van der Waals surface area (Å²) >= 11 is 0. The molecule has 2 aromatic rings. The van der Waals surface area contributed by atoms with Gasteiger partial charge in [-0.1, -0.05) is 0 Å². The minimum absolute atomic E-state index is 0.115. The van der Waals surface area contributed by atoms with E-state index in [1.165, 1.54) is 0 Å². The average Bonchev–Trinajstić information content (AvgIpc) is 2.74. The zero-order chi connectivity index (χ0) is 12.4. The lowest BCUT2D eigenvalue weighted by atomic mass is 10.1. The van der Waals surface area contributed by atoms with Crippen molar-refractivity contribution in [1.82, 2.24) is 4.98 Å². The first-order valence-corrected chi connectivity index (χ1v) is 5.10. The van der Waals surface area contributed by atoms with E-state index in [1.54, 1.807) is 20.4 Å². The van der Waals surface area contributed by atoms with Gasteiger partial charge < -0.3 is 19.6 Å². The number of aromatic nitrogens is 1. The van der Waals surface area contributed by atoms with Crippen molar-refractivity contribution in [3.05, 3.63) is 23.9 Å². The van der Waals surface area contributed by atoms with Crippen molar-refractivity contribution in [3.63, 3.8) is 0 Å². The molecular formula is C12H14N2O3. The van der Waals surface area contributed by atoms with Crippen LogP contribution in [0.25, 0.3) is 11.3 Å². The standard InChI is InChI=1S/C12H14N2O3/c1-7-4-8(15-2)11(9(5-7)16-3)10-6-14-12(13)17-10/h4-6H,1-3H3,(H2,13,14). The Hall–Kier alpha value is -2.17. The van der Waals surface area contributed by atoms with Crippen LogP contribution in [0.2, 0.25) is 0 Å². The molecule has 1 heterocycles. The third-order valence-corrected chi connectivity index (χ3v) is 2.42. The smallest absolute Gasteiger partial charge is 0.292 e. The summed E-state index contributed by atoms with van der Waals surface area (Å²) in [6, 6.07) is 3.91. The lowest BCUT2D eigenvalue weighted by Crippen LogP contribution is -1.93. The molecule has 0 aliphatic heterocycles. The number of aryl methyl sites for hydroxylation is 1. The van der Waals surface area contributed by atoms with Gasteiger partial charge in [-0.2, -0.15) is 0 Å². The van der Waals surface area contributed by atoms with Crippen molar-refractivity contribution in [2.45, 2.75) is 6.92 Å². The van der Waals surface area contributed by atoms with Gasteiger partial charge in [-0.15, -0.1) is 0 Å². The van der Waals surface area contributed by atoms with E-state index in [1.807, 2.05) is 19.1 Å². The number of ether oxygens (including phenoxy) is 2. The van der Waals surface area contributed by atoms with Gasteiger partial charge in [0.05, 0.1) is 20.4 Å². The maximum atomic E-state index is 5.47. The molecule has 1 aromatic heterocycles. The Morgan fingerprint density at radius 2 is 1.76 bits per heavy atom. The van der Waals surface area contributed by atoms with Crippen LogP contribution in [-0.2, 0) is 0 Å². The first kappa shape index (κ1) is 11.3. The highest BCUT2D eigenvalue weighted by Crippen LogP contribution is 2.39. The molecule has 0 aliphatic carbocycles. The number of rotatable bonds is 3. The van der Waals surface area contributed by atoms with E-state index in [9.17, 15) is 0 Å². The number of anilines is 1. The molecule has 0 aliphatic rings. The predicted octanol–water partition coefficient (Wildman–Crippen LogP) is 2.25. The van der Waals surface area contributed by atoms with Crippen LogP contribution in [-0.4, -0.2) is 19.2 Å². The van der Waals surface area contributed by atoms with Crippen LogP contribution in [0.3, 0.4) is 0 Å². The number of nitrogen functional groups attached to an aromatic ring is 1. The molecule has 0 amide bonds. The molecule has 1 aromatic carbocycles. The van der Waals surface area contributed by atoms with Crippen LogP contribution >= 0.6 is 0 Å². The molecule has 17 heavy (non-hydrogen) atoms. The number of hydrogen-bond acceptors (Lipinski definition) is 5. The van der Waals surface area contributed by atoms with Crippen molar-refractivity contribution in [2.24, 2.45) is 0 Å². The van der Waals surface area contributed by atoms with E-state index >= 15 is 0 Å². The molecule has 0 saturated heterocycles. The minimum Gasteiger partial charge on any atom is -0.496 e. The number of benzene rings is 1. The summed E-state index contributed by atoms with van der Waals surface area (Å²) in [5, 5.41) is 0. The number of nitrogens with zero attached hydrogens (tertiary/aromatic N) is 1. The Labute approximate surface area is 99.2 Å². The maximum Gasteiger partial charge on any atom is 0.292 e. The van der Waals surface area contributed by atoms with E-state index in [2.05, 4.69) is 4.98 Å². The van der Waals surface area contributed by atoms with Crippen molar-refractivity contribution < 1.29 is 13.9 Å². The number of oxazole rings is 1. The molecule has 0 radical (unpaired) electrons. The Kier molecular flexibility index (Phi) is 2.91. The van der Waals surface area contributed by atoms with Crippen LogP contribution < -0.4 is 15.2 Å². The van der Waals surface area contributed by atoms with Gasteiger partial charge >= 0.3 is 0 Å². The molecule has 0 fully saturated rings. The normalized spacial score (nSPS) is 10.3. The van der Waals surface area contributed by atoms with Gasteiger partial charge in [0.15, 0.2) is 5.76 Å². The summed E-state index contributed by atoms with van der Waals surface area (Å²) in [5.41, 5.74) is 7.22. The highest BCUT2D eigenvalue weighted by Gasteiger charge is 2.17. The molecule has 0 atom stereocenters. The second-order valence-electron chi connectivity index (χ2n) is 3.61. The Bertz CT molecular complexity index is 509. The summed E-state index contributed by atoms with van der Waals surface area (Å²) in [4.78, 5) is 3.87. The Morgan fingerprint density at radius 3 is 2.18 bits per heavy atom. The van der Waals surface area contributed by atoms with Gasteiger partial charge in [0.1, 0.15) is 17.1 Å². The fourth-order valence-corrected chi connectivity index (χ4v) is 1.69. The zero-order valence-electron chi connectivity index (χ0n) is 9.98. The molecule has 2 rings (SSSR count). The molecule has 5 nitrogen and oxygen atoms in total. The van der Waals surface area contributed by atoms with Gasteiger partial charge in [-0.05, 0) is 24.6 Å². The van der Waals surface area contributed by atoms with E-state index in [0.717, 1.165) is 5.56 Å². The monoisotopic (exact) mass is 234 g/mol. The minimum atomic E-state index is 0.115. The first-order chi connectivity index (χ1) is 8.15. The van der Waals surface area contributed by atoms with Crippen molar-refractivity contribution in [1.29, 1.82) is 0 Å². The van der Waals surface area contributed by atoms with E-state index in [4.69, 9.17) is 19.6 Å². The Balaban J connectivity index is 2.65. The zero-order valence-corrected chi connectivity index (χ0v) is 9.98. The highest BCUT2D eigenvalue weighted by molar-refractivity contribution is 5.74. The lowest BCUT2D eigenvalue weighted by Gasteiger charge is -2.12. The van der Waals surface area contributed by atoms with Crippen molar-refractivity contribution >= 4 is 6.01 Å². The third kappa shape index (κ3) is 2.04. The van der Waals surface area contributed by atoms with Crippen molar-refractivity contribution in [3.8, 4) is 22.8 Å². The van der Waals surface area contributed by atoms with Crippen LogP contribution in [0.1, 0.15) is 5.56 Å². The third-order valence-electron chi connectivity index (χ3n) is 2.42. The molecule has 0 bridgehead atoms. The second kappa shape index (κ2) is 4.37. The summed E-state index contributed by atoms with van der Waals surface area (Å²) in [6.45, 7) is 1.96. The Morgan fingerprint density at radius 1 is 1.18 bits per heavy atom. The summed E-state index contributed by atoms with van der Waals surface area (Å²) in [6.07, 6.45) is 1.55. The first-order valence-electron chi connectivity index (χ1n) is 5.10. The molecule has 0 unspecified atom stereocenters. The number of nitrogens with two attached hydrogens (primary N) is 1. The molecular weight excluding hydrogens is 220 g/mol. The van der Waals surface area contributed by atoms with Crippen LogP contribution in [0, 0.1) is 6.92 Å². The van der Waals surface area contributed by atoms with Gasteiger partial charge in [0.2, 0.25) is 0 Å². The number of methoxy groups -OCH3 is 2. The fourth-order valence-electron chi connectivity index (χ4n) is 1.69. The van der Waals surface area contributed by atoms with Crippen LogP contribution in [0.4, 0.5) is 6.01 Å². The number of hydrogen-bond donors (Lipinski definition) is 1. The van der Waals surface area contributed by atoms with Gasteiger partial charge in [-0.25, -0.2) is 4.98 Å². The lowest BCUT2D eigenvalue weighted by molar-refractivity contribution is 0.394. The summed E-state index contributed by atoms with van der Waals surface area (Å²) < 4.78 is 15.9. The summed E-state index contributed by atoms with van der Waals surface area (Å²) in [5.74, 6) is 1.85. The van der Waals surface area contributed by atoms with Crippen LogP contribution in [0.5, 0.6) is 11.5 Å². The molecule has 90 valence electrons. The SMILES string of the molecule is COc1cc(C)cc(OC)c1-c1cnc(N)o1. The predicted molar refractivity (Wildman–Crippen MR) is 64.2 cm³/mol. The van der Waals surface area contributed by atoms with E-state index in [0.29, 0.717) is 22.8 Å². The van der Waals surface area contributed by atoms with E-state index in [-0.39, 0.29) is 6.01 Å². The fraction of sp³-hybridized carbons (Fsp3) is 0.250. The van der Waals surface area contributed by atoms with E-state index < -0.39 is 0 Å². The second-order valence-corrected chi connectivity index (χ2v) is 3.61. The topological polar surface area (TPSA) is 70.5 Å². The maximum absolute atomic E-state index is 5.47. The molecule has 5 heteroatoms. The summed E-state index contributed by atoms with van der Waals surface area (Å²) in [7, 11) is 3.19. The molecule has 2 N–H and O–H groups in total. The molecule has 0 spiro atoms. The average molecular weight is 234 g/mol. The van der Waals surface area contributed by atoms with Gasteiger partial charge in [0.25, 0.3) is 6.01 Å².